The van der Waals surface area contributed by atoms with Crippen molar-refractivity contribution in [2.75, 3.05) is 6.54 Å². The molecule has 74 valence electrons. The van der Waals surface area contributed by atoms with Gasteiger partial charge >= 0.3 is 0 Å². The Balaban J connectivity index is 0.000000165. The number of benzene rings is 1. The molecule has 2 heteroatoms. The standard InChI is InChI=1S/C8H11N.C4H4S/c9-7-6-8-4-2-1-3-5-8;1-2-4-5-3-1/h1-5H,6-7,9H2;1-4H. The van der Waals surface area contributed by atoms with E-state index in [1.54, 1.807) is 11.3 Å². The van der Waals surface area contributed by atoms with Crippen LogP contribution in [0.5, 0.6) is 0 Å². The zero-order valence-electron chi connectivity index (χ0n) is 8.10. The van der Waals surface area contributed by atoms with E-state index in [1.807, 2.05) is 41.1 Å². The number of hydrogen-bond donors (Lipinski definition) is 1. The van der Waals surface area contributed by atoms with Gasteiger partial charge in [-0.1, -0.05) is 42.5 Å². The highest BCUT2D eigenvalue weighted by Gasteiger charge is 1.84. The molecule has 0 unspecified atom stereocenters. The Morgan fingerprint density at radius 1 is 0.929 bits per heavy atom. The first-order valence-electron chi connectivity index (χ1n) is 4.64. The van der Waals surface area contributed by atoms with Crippen molar-refractivity contribution in [1.82, 2.24) is 0 Å². The summed E-state index contributed by atoms with van der Waals surface area (Å²) in [7, 11) is 0. The maximum atomic E-state index is 5.36. The van der Waals surface area contributed by atoms with Crippen molar-refractivity contribution in [3.8, 4) is 0 Å². The van der Waals surface area contributed by atoms with Gasteiger partial charge in [0.25, 0.3) is 0 Å². The summed E-state index contributed by atoms with van der Waals surface area (Å²) in [5.41, 5.74) is 6.68. The second kappa shape index (κ2) is 7.30. The fraction of sp³-hybridized carbons (Fsp3) is 0.167. The SMILES string of the molecule is NCCc1ccccc1.c1ccsc1. The molecule has 0 saturated carbocycles. The van der Waals surface area contributed by atoms with Crippen molar-refractivity contribution in [2.45, 2.75) is 6.42 Å². The van der Waals surface area contributed by atoms with Crippen molar-refractivity contribution in [1.29, 1.82) is 0 Å². The van der Waals surface area contributed by atoms with Crippen LogP contribution in [-0.2, 0) is 6.42 Å². The van der Waals surface area contributed by atoms with Crippen LogP contribution in [0.4, 0.5) is 0 Å². The smallest absolute Gasteiger partial charge is 0.00367 e. The number of hydrogen-bond acceptors (Lipinski definition) is 2. The van der Waals surface area contributed by atoms with Gasteiger partial charge in [0.05, 0.1) is 0 Å². The topological polar surface area (TPSA) is 26.0 Å². The molecule has 0 aliphatic heterocycles. The summed E-state index contributed by atoms with van der Waals surface area (Å²) in [4.78, 5) is 0. The van der Waals surface area contributed by atoms with Gasteiger partial charge in [0.15, 0.2) is 0 Å². The molecule has 2 N–H and O–H groups in total. The van der Waals surface area contributed by atoms with E-state index in [1.165, 1.54) is 5.56 Å². The van der Waals surface area contributed by atoms with Gasteiger partial charge < -0.3 is 5.73 Å². The van der Waals surface area contributed by atoms with Crippen LogP contribution < -0.4 is 5.73 Å². The van der Waals surface area contributed by atoms with E-state index in [0.29, 0.717) is 0 Å². The Morgan fingerprint density at radius 3 is 2.00 bits per heavy atom. The van der Waals surface area contributed by atoms with Crippen molar-refractivity contribution in [3.63, 3.8) is 0 Å². The maximum Gasteiger partial charge on any atom is -0.00367 e. The Labute approximate surface area is 89.2 Å². The molecule has 0 radical (unpaired) electrons. The third-order valence-corrected chi connectivity index (χ3v) is 2.33. The monoisotopic (exact) mass is 205 g/mol. The molecular formula is C12H15NS. The summed E-state index contributed by atoms with van der Waals surface area (Å²) in [5, 5.41) is 4.08. The zero-order valence-corrected chi connectivity index (χ0v) is 8.91. The molecular weight excluding hydrogens is 190 g/mol. The first-order valence-corrected chi connectivity index (χ1v) is 5.59. The fourth-order valence-electron chi connectivity index (χ4n) is 1.04. The van der Waals surface area contributed by atoms with Gasteiger partial charge in [0.1, 0.15) is 0 Å². The van der Waals surface area contributed by atoms with Gasteiger partial charge in [-0.15, -0.1) is 0 Å². The Kier molecular flexibility index (Phi) is 5.71. The summed E-state index contributed by atoms with van der Waals surface area (Å²) >= 11 is 1.71. The Bertz CT molecular complexity index is 285. The van der Waals surface area contributed by atoms with Gasteiger partial charge in [-0.2, -0.15) is 11.3 Å². The number of thiophene rings is 1. The van der Waals surface area contributed by atoms with Crippen LogP contribution in [0.1, 0.15) is 5.56 Å². The lowest BCUT2D eigenvalue weighted by molar-refractivity contribution is 0.969. The highest BCUT2D eigenvalue weighted by molar-refractivity contribution is 7.07. The molecule has 0 amide bonds. The molecule has 1 nitrogen and oxygen atoms in total. The molecule has 0 fully saturated rings. The van der Waals surface area contributed by atoms with Crippen LogP contribution in [0.25, 0.3) is 0 Å². The Hall–Kier alpha value is -1.12. The van der Waals surface area contributed by atoms with Crippen LogP contribution in [0.15, 0.2) is 53.2 Å². The Morgan fingerprint density at radius 2 is 1.57 bits per heavy atom. The van der Waals surface area contributed by atoms with Gasteiger partial charge in [0, 0.05) is 0 Å². The molecule has 1 heterocycles. The van der Waals surface area contributed by atoms with Gasteiger partial charge in [-0.05, 0) is 29.3 Å². The minimum Gasteiger partial charge on any atom is -0.330 e. The first-order chi connectivity index (χ1) is 6.93. The molecule has 1 aromatic heterocycles. The molecule has 0 spiro atoms. The molecule has 0 bridgehead atoms. The summed E-state index contributed by atoms with van der Waals surface area (Å²) in [5.74, 6) is 0. The third kappa shape index (κ3) is 4.80. The predicted octanol–water partition coefficient (Wildman–Crippen LogP) is 2.94. The zero-order chi connectivity index (χ0) is 10.1. The molecule has 0 aliphatic carbocycles. The maximum absolute atomic E-state index is 5.36. The number of nitrogens with two attached hydrogens (primary N) is 1. The number of rotatable bonds is 2. The average Bonchev–Trinajstić information content (AvgIpc) is 2.78. The molecule has 1 aromatic carbocycles. The molecule has 14 heavy (non-hydrogen) atoms. The van der Waals surface area contributed by atoms with Crippen molar-refractivity contribution >= 4 is 11.3 Å². The minimum absolute atomic E-state index is 0.740. The first kappa shape index (κ1) is 11.0. The van der Waals surface area contributed by atoms with Crippen LogP contribution in [0.2, 0.25) is 0 Å². The van der Waals surface area contributed by atoms with E-state index in [2.05, 4.69) is 12.1 Å². The second-order valence-electron chi connectivity index (χ2n) is 2.82. The lowest BCUT2D eigenvalue weighted by Gasteiger charge is -1.93. The highest BCUT2D eigenvalue weighted by Crippen LogP contribution is 1.96. The molecule has 0 atom stereocenters. The fourth-order valence-corrected chi connectivity index (χ4v) is 1.49. The van der Waals surface area contributed by atoms with Gasteiger partial charge in [-0.25, -0.2) is 0 Å². The normalized spacial score (nSPS) is 8.93. The van der Waals surface area contributed by atoms with Crippen LogP contribution in [0.3, 0.4) is 0 Å². The quantitative estimate of drug-likeness (QED) is 0.801. The second-order valence-corrected chi connectivity index (χ2v) is 3.63. The lowest BCUT2D eigenvalue weighted by atomic mass is 10.2. The van der Waals surface area contributed by atoms with Crippen LogP contribution >= 0.6 is 11.3 Å². The van der Waals surface area contributed by atoms with Crippen LogP contribution in [-0.4, -0.2) is 6.54 Å². The van der Waals surface area contributed by atoms with E-state index in [4.69, 9.17) is 5.73 Å². The minimum atomic E-state index is 0.740. The molecule has 2 rings (SSSR count). The molecule has 0 saturated heterocycles. The van der Waals surface area contributed by atoms with E-state index in [0.717, 1.165) is 13.0 Å². The van der Waals surface area contributed by atoms with E-state index < -0.39 is 0 Å². The van der Waals surface area contributed by atoms with Crippen LogP contribution in [0, 0.1) is 0 Å². The summed E-state index contributed by atoms with van der Waals surface area (Å²) < 4.78 is 0. The van der Waals surface area contributed by atoms with E-state index in [9.17, 15) is 0 Å². The van der Waals surface area contributed by atoms with Crippen molar-refractivity contribution in [3.05, 3.63) is 58.8 Å². The largest absolute Gasteiger partial charge is 0.330 e. The van der Waals surface area contributed by atoms with Gasteiger partial charge in [0.2, 0.25) is 0 Å². The van der Waals surface area contributed by atoms with Crippen molar-refractivity contribution < 1.29 is 0 Å². The highest BCUT2D eigenvalue weighted by atomic mass is 32.1. The predicted molar refractivity (Wildman–Crippen MR) is 63.5 cm³/mol. The van der Waals surface area contributed by atoms with Gasteiger partial charge in [-0.3, -0.25) is 0 Å². The summed E-state index contributed by atoms with van der Waals surface area (Å²) in [6.45, 7) is 0.740. The van der Waals surface area contributed by atoms with Crippen molar-refractivity contribution in [2.24, 2.45) is 5.73 Å². The van der Waals surface area contributed by atoms with E-state index >= 15 is 0 Å². The molecule has 0 aliphatic rings. The van der Waals surface area contributed by atoms with E-state index in [-0.39, 0.29) is 0 Å². The summed E-state index contributed by atoms with van der Waals surface area (Å²) in [6, 6.07) is 14.3. The molecule has 2 aromatic rings. The third-order valence-electron chi connectivity index (χ3n) is 1.70. The summed E-state index contributed by atoms with van der Waals surface area (Å²) in [6.07, 6.45) is 0.987. The average molecular weight is 205 g/mol. The lowest BCUT2D eigenvalue weighted by Crippen LogP contribution is -2.01.